The van der Waals surface area contributed by atoms with E-state index in [1.165, 1.54) is 18.2 Å². The molecule has 0 saturated heterocycles. The summed E-state index contributed by atoms with van der Waals surface area (Å²) >= 11 is 5.83. The third kappa shape index (κ3) is 4.69. The van der Waals surface area contributed by atoms with E-state index in [1.807, 2.05) is 24.3 Å². The van der Waals surface area contributed by atoms with Crippen LogP contribution in [-0.4, -0.2) is 26.1 Å². The van der Waals surface area contributed by atoms with Crippen LogP contribution in [-0.2, 0) is 16.3 Å². The van der Waals surface area contributed by atoms with Crippen LogP contribution in [0.2, 0.25) is 5.02 Å². The fraction of sp³-hybridized carbons (Fsp3) is 0.250. The minimum absolute atomic E-state index is 0.207. The Kier molecular flexibility index (Phi) is 5.80. The van der Waals surface area contributed by atoms with Crippen molar-refractivity contribution >= 4 is 32.8 Å². The third-order valence-electron chi connectivity index (χ3n) is 3.45. The number of sulfone groups is 1. The second-order valence-electron chi connectivity index (χ2n) is 5.34. The predicted octanol–water partition coefficient (Wildman–Crippen LogP) is 3.70. The third-order valence-corrected chi connectivity index (χ3v) is 4.83. The molecule has 0 fully saturated rings. The van der Waals surface area contributed by atoms with Gasteiger partial charge in [0, 0.05) is 17.8 Å². The van der Waals surface area contributed by atoms with Crippen molar-refractivity contribution < 1.29 is 13.3 Å². The molecule has 0 aliphatic heterocycles. The maximum atomic E-state index is 11.7. The molecule has 2 aromatic rings. The molecule has 2 rings (SSSR count). The van der Waals surface area contributed by atoms with E-state index in [0.29, 0.717) is 11.6 Å². The lowest BCUT2D eigenvalue weighted by Crippen LogP contribution is -2.09. The molecule has 0 atom stereocenters. The lowest BCUT2D eigenvalue weighted by atomic mass is 10.1. The first kappa shape index (κ1) is 18.2. The van der Waals surface area contributed by atoms with Gasteiger partial charge >= 0.3 is 5.69 Å². The Morgan fingerprint density at radius 2 is 1.83 bits per heavy atom. The molecule has 0 radical (unpaired) electrons. The zero-order chi connectivity index (χ0) is 17.7. The van der Waals surface area contributed by atoms with Crippen LogP contribution in [0, 0.1) is 10.1 Å². The van der Waals surface area contributed by atoms with Crippen LogP contribution in [0.3, 0.4) is 0 Å². The number of benzene rings is 2. The van der Waals surface area contributed by atoms with Gasteiger partial charge in [0.1, 0.15) is 10.6 Å². The largest absolute Gasteiger partial charge is 0.379 e. The Labute approximate surface area is 145 Å². The number of aryl methyl sites for hydroxylation is 1. The number of hydrogen-bond donors (Lipinski definition) is 1. The van der Waals surface area contributed by atoms with Crippen LogP contribution in [0.15, 0.2) is 47.4 Å². The summed E-state index contributed by atoms with van der Waals surface area (Å²) in [6.45, 7) is 0.483. The quantitative estimate of drug-likeness (QED) is 0.457. The minimum atomic E-state index is -3.67. The van der Waals surface area contributed by atoms with Gasteiger partial charge in [-0.25, -0.2) is 8.42 Å². The van der Waals surface area contributed by atoms with E-state index in [2.05, 4.69) is 5.32 Å². The average Bonchev–Trinajstić information content (AvgIpc) is 2.52. The molecule has 0 aromatic heterocycles. The number of anilines is 1. The number of nitrogens with zero attached hydrogens (tertiary/aromatic N) is 1. The van der Waals surface area contributed by atoms with Gasteiger partial charge in [-0.2, -0.15) is 0 Å². The van der Waals surface area contributed by atoms with E-state index in [9.17, 15) is 18.5 Å². The van der Waals surface area contributed by atoms with Gasteiger partial charge in [-0.1, -0.05) is 29.8 Å². The van der Waals surface area contributed by atoms with Gasteiger partial charge in [0.25, 0.3) is 0 Å². The molecule has 0 saturated carbocycles. The van der Waals surface area contributed by atoms with Crippen molar-refractivity contribution in [3.8, 4) is 0 Å². The summed E-state index contributed by atoms with van der Waals surface area (Å²) in [5, 5.41) is 14.9. The summed E-state index contributed by atoms with van der Waals surface area (Å²) in [5.74, 6) is 0. The zero-order valence-electron chi connectivity index (χ0n) is 13.0. The van der Waals surface area contributed by atoms with Gasteiger partial charge in [-0.3, -0.25) is 10.1 Å². The van der Waals surface area contributed by atoms with E-state index in [4.69, 9.17) is 11.6 Å². The van der Waals surface area contributed by atoms with Crippen molar-refractivity contribution in [2.45, 2.75) is 17.7 Å². The second kappa shape index (κ2) is 7.63. The summed E-state index contributed by atoms with van der Waals surface area (Å²) in [6, 6.07) is 11.7. The number of rotatable bonds is 7. The van der Waals surface area contributed by atoms with Crippen molar-refractivity contribution in [2.75, 3.05) is 18.1 Å². The van der Waals surface area contributed by atoms with Crippen LogP contribution >= 0.6 is 11.6 Å². The number of nitro groups is 1. The molecule has 6 nitrogen and oxygen atoms in total. The highest BCUT2D eigenvalue weighted by Crippen LogP contribution is 2.31. The lowest BCUT2D eigenvalue weighted by Gasteiger charge is -2.09. The van der Waals surface area contributed by atoms with Gasteiger partial charge in [0.05, 0.1) is 4.92 Å². The Bertz CT molecular complexity index is 836. The Morgan fingerprint density at radius 3 is 2.42 bits per heavy atom. The van der Waals surface area contributed by atoms with Crippen LogP contribution in [0.25, 0.3) is 0 Å². The van der Waals surface area contributed by atoms with Crippen LogP contribution in [0.1, 0.15) is 12.0 Å². The van der Waals surface area contributed by atoms with Crippen molar-refractivity contribution in [3.63, 3.8) is 0 Å². The number of nitro benzene ring substituents is 1. The number of hydrogen-bond acceptors (Lipinski definition) is 5. The van der Waals surface area contributed by atoms with Gasteiger partial charge in [-0.05, 0) is 42.7 Å². The molecule has 0 unspecified atom stereocenters. The first-order chi connectivity index (χ1) is 11.3. The standard InChI is InChI=1S/C16H17ClN2O4S/c1-24(22,23)15-6-2-5-14(16(15)19(20)21)18-11-3-4-12-7-9-13(17)10-8-12/h2,5-10,18H,3-4,11H2,1H3. The van der Waals surface area contributed by atoms with E-state index in [-0.39, 0.29) is 10.6 Å². The topological polar surface area (TPSA) is 89.3 Å². The Hall–Kier alpha value is -2.12. The highest BCUT2D eigenvalue weighted by Gasteiger charge is 2.25. The Balaban J connectivity index is 2.07. The van der Waals surface area contributed by atoms with E-state index >= 15 is 0 Å². The number of halogens is 1. The molecule has 0 aliphatic carbocycles. The summed E-state index contributed by atoms with van der Waals surface area (Å²) in [6.07, 6.45) is 2.48. The fourth-order valence-electron chi connectivity index (χ4n) is 2.32. The zero-order valence-corrected chi connectivity index (χ0v) is 14.6. The molecule has 0 spiro atoms. The van der Waals surface area contributed by atoms with E-state index in [1.54, 1.807) is 0 Å². The predicted molar refractivity (Wildman–Crippen MR) is 94.5 cm³/mol. The van der Waals surface area contributed by atoms with E-state index in [0.717, 1.165) is 24.7 Å². The van der Waals surface area contributed by atoms with Gasteiger partial charge in [0.15, 0.2) is 9.84 Å². The lowest BCUT2D eigenvalue weighted by molar-refractivity contribution is -0.386. The van der Waals surface area contributed by atoms with Crippen molar-refractivity contribution in [1.82, 2.24) is 0 Å². The van der Waals surface area contributed by atoms with Crippen molar-refractivity contribution in [1.29, 1.82) is 0 Å². The van der Waals surface area contributed by atoms with Crippen LogP contribution < -0.4 is 5.32 Å². The molecule has 24 heavy (non-hydrogen) atoms. The van der Waals surface area contributed by atoms with Gasteiger partial charge in [0.2, 0.25) is 0 Å². The average molecular weight is 369 g/mol. The first-order valence-corrected chi connectivity index (χ1v) is 9.52. The number of para-hydroxylation sites is 1. The fourth-order valence-corrected chi connectivity index (χ4v) is 3.31. The summed E-state index contributed by atoms with van der Waals surface area (Å²) in [5.41, 5.74) is 0.908. The van der Waals surface area contributed by atoms with Crippen molar-refractivity contribution in [3.05, 3.63) is 63.2 Å². The van der Waals surface area contributed by atoms with Gasteiger partial charge in [-0.15, -0.1) is 0 Å². The van der Waals surface area contributed by atoms with Crippen LogP contribution in [0.5, 0.6) is 0 Å². The normalized spacial score (nSPS) is 11.2. The molecule has 0 bridgehead atoms. The molecule has 1 N–H and O–H groups in total. The highest BCUT2D eigenvalue weighted by molar-refractivity contribution is 7.90. The molecular weight excluding hydrogens is 352 g/mol. The smallest absolute Gasteiger partial charge is 0.310 e. The Morgan fingerprint density at radius 1 is 1.17 bits per heavy atom. The molecule has 0 heterocycles. The molecular formula is C16H17ClN2O4S. The summed E-state index contributed by atoms with van der Waals surface area (Å²) in [7, 11) is -3.67. The maximum absolute atomic E-state index is 11.7. The highest BCUT2D eigenvalue weighted by atomic mass is 35.5. The molecule has 8 heteroatoms. The summed E-state index contributed by atoms with van der Waals surface area (Å²) < 4.78 is 23.4. The van der Waals surface area contributed by atoms with Crippen LogP contribution in [0.4, 0.5) is 11.4 Å². The SMILES string of the molecule is CS(=O)(=O)c1cccc(NCCCc2ccc(Cl)cc2)c1[N+](=O)[O-]. The molecule has 0 aliphatic rings. The second-order valence-corrected chi connectivity index (χ2v) is 7.76. The molecule has 128 valence electrons. The monoisotopic (exact) mass is 368 g/mol. The van der Waals surface area contributed by atoms with E-state index < -0.39 is 20.4 Å². The first-order valence-electron chi connectivity index (χ1n) is 7.25. The van der Waals surface area contributed by atoms with Gasteiger partial charge < -0.3 is 5.32 Å². The minimum Gasteiger partial charge on any atom is -0.379 e. The summed E-state index contributed by atoms with van der Waals surface area (Å²) in [4.78, 5) is 10.3. The molecule has 0 amide bonds. The maximum Gasteiger partial charge on any atom is 0.310 e. The number of nitrogens with one attached hydrogen (secondary N) is 1. The molecule has 2 aromatic carbocycles. The van der Waals surface area contributed by atoms with Crippen molar-refractivity contribution in [2.24, 2.45) is 0 Å².